The van der Waals surface area contributed by atoms with Crippen LogP contribution in [0.5, 0.6) is 0 Å². The molecule has 15 heavy (non-hydrogen) atoms. The summed E-state index contributed by atoms with van der Waals surface area (Å²) in [6, 6.07) is 0. The molecule has 7 heteroatoms. The summed E-state index contributed by atoms with van der Waals surface area (Å²) < 4.78 is 20.8. The van der Waals surface area contributed by atoms with E-state index in [1.54, 1.807) is 41.5 Å². The maximum atomic E-state index is 11.2. The van der Waals surface area contributed by atoms with Crippen molar-refractivity contribution in [3.8, 4) is 0 Å². The maximum absolute atomic E-state index is 11.2. The van der Waals surface area contributed by atoms with Gasteiger partial charge in [0.2, 0.25) is 0 Å². The van der Waals surface area contributed by atoms with Crippen molar-refractivity contribution in [2.45, 2.75) is 52.7 Å². The minimum Gasteiger partial charge on any atom is -0.756 e. The molecule has 88 valence electrons. The summed E-state index contributed by atoms with van der Waals surface area (Å²) in [6.45, 7) is 9.94. The van der Waals surface area contributed by atoms with Gasteiger partial charge in [-0.05, 0) is 41.5 Å². The third-order valence-corrected chi connectivity index (χ3v) is 2.31. The zero-order valence-electron chi connectivity index (χ0n) is 10.6. The first-order valence-electron chi connectivity index (χ1n) is 4.14. The topological polar surface area (TPSA) is 90.1 Å². The summed E-state index contributed by atoms with van der Waals surface area (Å²) in [7, 11) is -4.19. The molecule has 0 aliphatic rings. The molecular formula is C8H20KO5P. The third kappa shape index (κ3) is 15.7. The molecule has 2 N–H and O–H groups in total. The van der Waals surface area contributed by atoms with Crippen LogP contribution in [0.15, 0.2) is 0 Å². The average molecular weight is 266 g/mol. The minimum atomic E-state index is -4.19. The fourth-order valence-corrected chi connectivity index (χ4v) is 2.07. The molecule has 0 radical (unpaired) electrons. The fraction of sp³-hybridized carbons (Fsp3) is 1.00. The Balaban J connectivity index is -0.000000720. The van der Waals surface area contributed by atoms with E-state index < -0.39 is 19.0 Å². The zero-order chi connectivity index (χ0) is 10.9. The number of rotatable bonds is 2. The van der Waals surface area contributed by atoms with Crippen LogP contribution in [0.25, 0.3) is 0 Å². The number of phosphoric acid groups is 1. The summed E-state index contributed by atoms with van der Waals surface area (Å²) >= 11 is 0. The van der Waals surface area contributed by atoms with Crippen LogP contribution in [0.2, 0.25) is 0 Å². The molecule has 0 saturated carbocycles. The summed E-state index contributed by atoms with van der Waals surface area (Å²) in [5.41, 5.74) is -1.49. The molecule has 0 atom stereocenters. The second-order valence-electron chi connectivity index (χ2n) is 4.85. The van der Waals surface area contributed by atoms with Crippen LogP contribution in [0, 0.1) is 0 Å². The van der Waals surface area contributed by atoms with Crippen LogP contribution in [0.3, 0.4) is 0 Å². The van der Waals surface area contributed by atoms with Crippen molar-refractivity contribution in [2.24, 2.45) is 0 Å². The number of phosphoric ester groups is 1. The van der Waals surface area contributed by atoms with Crippen molar-refractivity contribution in [1.29, 1.82) is 0 Å². The van der Waals surface area contributed by atoms with Crippen LogP contribution in [0.1, 0.15) is 41.5 Å². The van der Waals surface area contributed by atoms with E-state index in [0.29, 0.717) is 0 Å². The van der Waals surface area contributed by atoms with Gasteiger partial charge in [0.25, 0.3) is 7.82 Å². The Morgan fingerprint density at radius 1 is 0.933 bits per heavy atom. The molecule has 0 fully saturated rings. The predicted molar refractivity (Wildman–Crippen MR) is 52.9 cm³/mol. The first-order chi connectivity index (χ1) is 5.41. The van der Waals surface area contributed by atoms with Gasteiger partial charge >= 0.3 is 51.4 Å². The van der Waals surface area contributed by atoms with E-state index in [4.69, 9.17) is 9.05 Å². The Hall–Kier alpha value is 1.71. The quantitative estimate of drug-likeness (QED) is 0.438. The van der Waals surface area contributed by atoms with Crippen molar-refractivity contribution in [3.05, 3.63) is 0 Å². The first-order valence-corrected chi connectivity index (χ1v) is 5.60. The molecule has 0 spiro atoms. The Morgan fingerprint density at radius 2 is 1.13 bits per heavy atom. The van der Waals surface area contributed by atoms with E-state index in [9.17, 15) is 9.46 Å². The molecule has 0 aromatic heterocycles. The van der Waals surface area contributed by atoms with Gasteiger partial charge in [-0.3, -0.25) is 4.57 Å². The Bertz CT molecular complexity index is 198. The Kier molecular flexibility index (Phi) is 10.5. The molecule has 0 bridgehead atoms. The standard InChI is InChI=1S/C8H19O4P.K.H2O/c1-7(2,3)11-13(9,10)12-8(4,5)6;;/h1-6H3,(H,9,10);;1H2/q;+1;/p-1. The van der Waals surface area contributed by atoms with Crippen molar-refractivity contribution < 1.29 is 75.4 Å². The molecule has 0 amide bonds. The summed E-state index contributed by atoms with van der Waals surface area (Å²) in [5, 5.41) is 0. The second kappa shape index (κ2) is 7.21. The van der Waals surface area contributed by atoms with Gasteiger partial charge in [-0.1, -0.05) is 0 Å². The molecule has 0 aliphatic heterocycles. The third-order valence-electron chi connectivity index (χ3n) is 0.771. The van der Waals surface area contributed by atoms with Crippen LogP contribution < -0.4 is 56.3 Å². The monoisotopic (exact) mass is 266 g/mol. The molecule has 0 unspecified atom stereocenters. The molecule has 0 aromatic rings. The van der Waals surface area contributed by atoms with E-state index in [2.05, 4.69) is 0 Å². The van der Waals surface area contributed by atoms with Crippen LogP contribution in [0.4, 0.5) is 0 Å². The van der Waals surface area contributed by atoms with Crippen LogP contribution >= 0.6 is 7.82 Å². The van der Waals surface area contributed by atoms with Gasteiger partial charge in [-0.25, -0.2) is 0 Å². The van der Waals surface area contributed by atoms with Crippen molar-refractivity contribution in [3.63, 3.8) is 0 Å². The molecule has 0 aliphatic carbocycles. The van der Waals surface area contributed by atoms with Crippen LogP contribution in [-0.4, -0.2) is 16.7 Å². The summed E-state index contributed by atoms with van der Waals surface area (Å²) in [6.07, 6.45) is 0. The van der Waals surface area contributed by atoms with E-state index in [1.807, 2.05) is 0 Å². The van der Waals surface area contributed by atoms with Gasteiger partial charge in [0, 0.05) is 0 Å². The van der Waals surface area contributed by atoms with Crippen molar-refractivity contribution in [1.82, 2.24) is 0 Å². The molecule has 0 rings (SSSR count). The van der Waals surface area contributed by atoms with Crippen molar-refractivity contribution >= 4 is 7.82 Å². The Labute approximate surface area is 134 Å². The van der Waals surface area contributed by atoms with E-state index >= 15 is 0 Å². The van der Waals surface area contributed by atoms with Gasteiger partial charge < -0.3 is 19.4 Å². The van der Waals surface area contributed by atoms with Crippen molar-refractivity contribution in [2.75, 3.05) is 0 Å². The number of hydrogen-bond donors (Lipinski definition) is 0. The maximum Gasteiger partial charge on any atom is 1.00 e. The van der Waals surface area contributed by atoms with E-state index in [-0.39, 0.29) is 56.9 Å². The zero-order valence-corrected chi connectivity index (χ0v) is 14.6. The van der Waals surface area contributed by atoms with Gasteiger partial charge in [-0.2, -0.15) is 0 Å². The smallest absolute Gasteiger partial charge is 0.756 e. The van der Waals surface area contributed by atoms with E-state index in [1.165, 1.54) is 0 Å². The largest absolute Gasteiger partial charge is 1.00 e. The van der Waals surface area contributed by atoms with Gasteiger partial charge in [-0.15, -0.1) is 0 Å². The minimum absolute atomic E-state index is 0. The average Bonchev–Trinajstić information content (AvgIpc) is 1.43. The van der Waals surface area contributed by atoms with E-state index in [0.717, 1.165) is 0 Å². The fourth-order valence-electron chi connectivity index (χ4n) is 0.689. The number of hydrogen-bond acceptors (Lipinski definition) is 4. The molecule has 0 heterocycles. The molecule has 5 nitrogen and oxygen atoms in total. The van der Waals surface area contributed by atoms with Gasteiger partial charge in [0.05, 0.1) is 11.2 Å². The Morgan fingerprint density at radius 3 is 1.27 bits per heavy atom. The summed E-state index contributed by atoms with van der Waals surface area (Å²) in [4.78, 5) is 11.2. The molecular weight excluding hydrogens is 246 g/mol. The summed E-state index contributed by atoms with van der Waals surface area (Å²) in [5.74, 6) is 0. The first kappa shape index (κ1) is 21.9. The van der Waals surface area contributed by atoms with Gasteiger partial charge in [0.15, 0.2) is 0 Å². The second-order valence-corrected chi connectivity index (χ2v) is 6.11. The normalized spacial score (nSPS) is 12.7. The van der Waals surface area contributed by atoms with Crippen LogP contribution in [-0.2, 0) is 13.6 Å². The predicted octanol–water partition coefficient (Wildman–Crippen LogP) is -1.74. The molecule has 0 aromatic carbocycles. The molecule has 0 saturated heterocycles. The van der Waals surface area contributed by atoms with Gasteiger partial charge in [0.1, 0.15) is 0 Å². The SMILES string of the molecule is CC(C)(C)OP(=O)([O-])OC(C)(C)C.O.[K+].